The molecule has 0 aliphatic carbocycles. The molecule has 0 aliphatic rings. The van der Waals surface area contributed by atoms with Crippen LogP contribution in [-0.2, 0) is 0 Å². The van der Waals surface area contributed by atoms with Crippen LogP contribution < -0.4 is 0 Å². The molecule has 0 aromatic heterocycles. The summed E-state index contributed by atoms with van der Waals surface area (Å²) in [6.07, 6.45) is 10.3. The quantitative estimate of drug-likeness (QED) is 0.575. The fourth-order valence-electron chi connectivity index (χ4n) is 1.62. The molecule has 0 bridgehead atoms. The standard InChI is InChI=1S/C13H23N/c1-6-9-13(4,5)12(8-3)11-14-10-7-2/h7-8,10-11H,6,9H2,1-5H3/b10-7-,12-8+,14-11+. The minimum atomic E-state index is 0.245. The van der Waals surface area contributed by atoms with Gasteiger partial charge in [0.1, 0.15) is 0 Å². The van der Waals surface area contributed by atoms with E-state index < -0.39 is 0 Å². The first kappa shape index (κ1) is 13.2. The van der Waals surface area contributed by atoms with Crippen LogP contribution in [0.3, 0.4) is 0 Å². The highest BCUT2D eigenvalue weighted by molar-refractivity contribution is 5.80. The SMILES string of the molecule is C\C=C/N=C/C(=C\C)C(C)(C)CCC. The number of aliphatic imine (C=N–C) groups is 1. The largest absolute Gasteiger partial charge is 0.265 e. The minimum Gasteiger partial charge on any atom is -0.265 e. The molecule has 0 radical (unpaired) electrons. The summed E-state index contributed by atoms with van der Waals surface area (Å²) in [5.41, 5.74) is 1.56. The Balaban J connectivity index is 4.56. The molecule has 0 heterocycles. The highest BCUT2D eigenvalue weighted by Gasteiger charge is 2.19. The summed E-state index contributed by atoms with van der Waals surface area (Å²) in [5, 5.41) is 0. The number of nitrogens with zero attached hydrogens (tertiary/aromatic N) is 1. The molecule has 0 atom stereocenters. The van der Waals surface area contributed by atoms with Gasteiger partial charge < -0.3 is 0 Å². The molecule has 0 aliphatic heterocycles. The Morgan fingerprint density at radius 1 is 1.29 bits per heavy atom. The van der Waals surface area contributed by atoms with Crippen LogP contribution in [0.25, 0.3) is 0 Å². The van der Waals surface area contributed by atoms with Gasteiger partial charge in [0.25, 0.3) is 0 Å². The van der Waals surface area contributed by atoms with E-state index in [0.29, 0.717) is 0 Å². The topological polar surface area (TPSA) is 12.4 Å². The van der Waals surface area contributed by atoms with Crippen LogP contribution >= 0.6 is 0 Å². The Morgan fingerprint density at radius 2 is 1.93 bits per heavy atom. The van der Waals surface area contributed by atoms with E-state index in [1.807, 2.05) is 25.4 Å². The van der Waals surface area contributed by atoms with Gasteiger partial charge in [0, 0.05) is 12.4 Å². The summed E-state index contributed by atoms with van der Waals surface area (Å²) in [5.74, 6) is 0. The van der Waals surface area contributed by atoms with Gasteiger partial charge in [-0.05, 0) is 31.3 Å². The van der Waals surface area contributed by atoms with Crippen molar-refractivity contribution in [3.05, 3.63) is 23.9 Å². The predicted molar refractivity (Wildman–Crippen MR) is 65.8 cm³/mol. The zero-order valence-corrected chi connectivity index (χ0v) is 10.2. The maximum absolute atomic E-state index is 4.24. The Morgan fingerprint density at radius 3 is 2.36 bits per heavy atom. The van der Waals surface area contributed by atoms with Crippen LogP contribution in [0.5, 0.6) is 0 Å². The third-order valence-electron chi connectivity index (χ3n) is 2.42. The van der Waals surface area contributed by atoms with E-state index in [1.165, 1.54) is 18.4 Å². The Hall–Kier alpha value is -0.850. The lowest BCUT2D eigenvalue weighted by Crippen LogP contribution is -2.15. The highest BCUT2D eigenvalue weighted by Crippen LogP contribution is 2.30. The van der Waals surface area contributed by atoms with Gasteiger partial charge >= 0.3 is 0 Å². The fraction of sp³-hybridized carbons (Fsp3) is 0.615. The summed E-state index contributed by atoms with van der Waals surface area (Å²) >= 11 is 0. The predicted octanol–water partition coefficient (Wildman–Crippen LogP) is 4.36. The van der Waals surface area contributed by atoms with Crippen LogP contribution in [0.1, 0.15) is 47.5 Å². The Kier molecular flexibility index (Phi) is 6.18. The molecular formula is C13H23N. The van der Waals surface area contributed by atoms with Crippen LogP contribution in [-0.4, -0.2) is 6.21 Å². The van der Waals surface area contributed by atoms with E-state index in [-0.39, 0.29) is 5.41 Å². The third-order valence-corrected chi connectivity index (χ3v) is 2.42. The van der Waals surface area contributed by atoms with Crippen LogP contribution in [0.4, 0.5) is 0 Å². The van der Waals surface area contributed by atoms with Gasteiger partial charge in [-0.3, -0.25) is 4.99 Å². The summed E-state index contributed by atoms with van der Waals surface area (Å²) in [6, 6.07) is 0. The van der Waals surface area contributed by atoms with Crippen molar-refractivity contribution in [2.45, 2.75) is 47.5 Å². The molecule has 0 saturated carbocycles. The zero-order valence-electron chi connectivity index (χ0n) is 10.2. The van der Waals surface area contributed by atoms with Crippen molar-refractivity contribution >= 4 is 6.21 Å². The van der Waals surface area contributed by atoms with E-state index in [2.05, 4.69) is 38.8 Å². The van der Waals surface area contributed by atoms with E-state index in [4.69, 9.17) is 0 Å². The molecule has 0 aromatic rings. The van der Waals surface area contributed by atoms with Crippen molar-refractivity contribution in [3.63, 3.8) is 0 Å². The van der Waals surface area contributed by atoms with Crippen molar-refractivity contribution in [2.24, 2.45) is 10.4 Å². The smallest absolute Gasteiger partial charge is 0.0301 e. The molecule has 0 unspecified atom stereocenters. The number of hydrogen-bond acceptors (Lipinski definition) is 1. The highest BCUT2D eigenvalue weighted by atomic mass is 14.7. The molecule has 1 nitrogen and oxygen atoms in total. The molecule has 80 valence electrons. The van der Waals surface area contributed by atoms with Crippen LogP contribution in [0.15, 0.2) is 28.9 Å². The number of allylic oxidation sites excluding steroid dienone is 3. The summed E-state index contributed by atoms with van der Waals surface area (Å²) in [6.45, 7) is 10.8. The maximum atomic E-state index is 4.24. The zero-order chi connectivity index (χ0) is 11.0. The molecular weight excluding hydrogens is 170 g/mol. The van der Waals surface area contributed by atoms with Crippen molar-refractivity contribution in [3.8, 4) is 0 Å². The molecule has 0 rings (SSSR count). The first-order valence-electron chi connectivity index (χ1n) is 5.39. The first-order chi connectivity index (χ1) is 6.58. The third kappa shape index (κ3) is 4.40. The van der Waals surface area contributed by atoms with Crippen molar-refractivity contribution in [1.29, 1.82) is 0 Å². The van der Waals surface area contributed by atoms with Gasteiger partial charge in [-0.15, -0.1) is 0 Å². The lowest BCUT2D eigenvalue weighted by Gasteiger charge is -2.25. The van der Waals surface area contributed by atoms with E-state index >= 15 is 0 Å². The molecule has 0 fully saturated rings. The second-order valence-electron chi connectivity index (χ2n) is 4.14. The lowest BCUT2D eigenvalue weighted by atomic mass is 9.80. The van der Waals surface area contributed by atoms with E-state index in [0.717, 1.165) is 0 Å². The molecule has 1 heteroatoms. The van der Waals surface area contributed by atoms with Gasteiger partial charge in [0.15, 0.2) is 0 Å². The van der Waals surface area contributed by atoms with Crippen molar-refractivity contribution in [1.82, 2.24) is 0 Å². The summed E-state index contributed by atoms with van der Waals surface area (Å²) in [7, 11) is 0. The Labute approximate surface area is 88.6 Å². The summed E-state index contributed by atoms with van der Waals surface area (Å²) < 4.78 is 0. The van der Waals surface area contributed by atoms with Crippen LogP contribution in [0, 0.1) is 5.41 Å². The second-order valence-corrected chi connectivity index (χ2v) is 4.14. The fourth-order valence-corrected chi connectivity index (χ4v) is 1.62. The summed E-state index contributed by atoms with van der Waals surface area (Å²) in [4.78, 5) is 4.24. The average molecular weight is 193 g/mol. The average Bonchev–Trinajstić information content (AvgIpc) is 2.12. The monoisotopic (exact) mass is 193 g/mol. The van der Waals surface area contributed by atoms with Gasteiger partial charge in [-0.1, -0.05) is 39.3 Å². The Bertz CT molecular complexity index is 232. The molecule has 0 aromatic carbocycles. The normalized spacial score (nSPS) is 14.5. The van der Waals surface area contributed by atoms with Crippen molar-refractivity contribution < 1.29 is 0 Å². The van der Waals surface area contributed by atoms with Crippen LogP contribution in [0.2, 0.25) is 0 Å². The van der Waals surface area contributed by atoms with E-state index in [1.54, 1.807) is 0 Å². The maximum Gasteiger partial charge on any atom is 0.0301 e. The van der Waals surface area contributed by atoms with Gasteiger partial charge in [-0.2, -0.15) is 0 Å². The molecule has 0 spiro atoms. The number of rotatable bonds is 5. The molecule has 0 N–H and O–H groups in total. The minimum absolute atomic E-state index is 0.245. The molecule has 0 saturated heterocycles. The van der Waals surface area contributed by atoms with Gasteiger partial charge in [-0.25, -0.2) is 0 Å². The molecule has 0 amide bonds. The molecule has 14 heavy (non-hydrogen) atoms. The first-order valence-corrected chi connectivity index (χ1v) is 5.39. The van der Waals surface area contributed by atoms with Gasteiger partial charge in [0.2, 0.25) is 0 Å². The number of hydrogen-bond donors (Lipinski definition) is 0. The second kappa shape index (κ2) is 6.58. The van der Waals surface area contributed by atoms with Gasteiger partial charge in [0.05, 0.1) is 0 Å². The van der Waals surface area contributed by atoms with Crippen molar-refractivity contribution in [2.75, 3.05) is 0 Å². The van der Waals surface area contributed by atoms with E-state index in [9.17, 15) is 0 Å². The lowest BCUT2D eigenvalue weighted by molar-refractivity contribution is 0.418.